The second-order valence-corrected chi connectivity index (χ2v) is 5.72. The summed E-state index contributed by atoms with van der Waals surface area (Å²) in [6.45, 7) is 8.80. The highest BCUT2D eigenvalue weighted by atomic mass is 16.6. The Kier molecular flexibility index (Phi) is 6.52. The number of hydrogen-bond donors (Lipinski definition) is 2. The van der Waals surface area contributed by atoms with E-state index in [0.29, 0.717) is 0 Å². The molecule has 0 aromatic carbocycles. The fourth-order valence-electron chi connectivity index (χ4n) is 1.33. The van der Waals surface area contributed by atoms with Crippen LogP contribution in [0.15, 0.2) is 0 Å². The highest BCUT2D eigenvalue weighted by Gasteiger charge is 2.29. The van der Waals surface area contributed by atoms with Gasteiger partial charge in [-0.25, -0.2) is 4.79 Å². The predicted molar refractivity (Wildman–Crippen MR) is 69.5 cm³/mol. The Morgan fingerprint density at radius 2 is 1.68 bits per heavy atom. The Bertz CT molecular complexity index is 343. The predicted octanol–water partition coefficient (Wildman–Crippen LogP) is 1.33. The summed E-state index contributed by atoms with van der Waals surface area (Å²) in [4.78, 5) is 33.8. The molecule has 19 heavy (non-hydrogen) atoms. The van der Waals surface area contributed by atoms with E-state index in [1.54, 1.807) is 34.6 Å². The van der Waals surface area contributed by atoms with Crippen LogP contribution >= 0.6 is 0 Å². The van der Waals surface area contributed by atoms with Crippen molar-refractivity contribution in [1.82, 2.24) is 5.32 Å². The summed E-state index contributed by atoms with van der Waals surface area (Å²) in [5.74, 6) is -2.16. The molecule has 0 aliphatic heterocycles. The summed E-state index contributed by atoms with van der Waals surface area (Å²) in [6.07, 6.45) is -0.410. The van der Waals surface area contributed by atoms with Gasteiger partial charge in [-0.15, -0.1) is 0 Å². The molecule has 0 saturated heterocycles. The Balaban J connectivity index is 4.53. The van der Waals surface area contributed by atoms with Gasteiger partial charge in [-0.3, -0.25) is 9.59 Å². The van der Waals surface area contributed by atoms with Crippen molar-refractivity contribution >= 4 is 17.8 Å². The SMILES string of the molecule is CC(C)C(NC(=O)CCC(=O)O)C(=O)OC(C)(C)C. The lowest BCUT2D eigenvalue weighted by atomic mass is 10.0. The first-order chi connectivity index (χ1) is 8.53. The molecule has 0 aromatic rings. The Labute approximate surface area is 113 Å². The minimum atomic E-state index is -1.05. The molecule has 110 valence electrons. The van der Waals surface area contributed by atoms with E-state index < -0.39 is 29.5 Å². The number of amides is 1. The molecule has 1 unspecified atom stereocenters. The maximum absolute atomic E-state index is 11.9. The molecule has 0 rings (SSSR count). The number of ether oxygens (including phenoxy) is 1. The normalized spacial score (nSPS) is 12.9. The number of aliphatic carboxylic acids is 1. The van der Waals surface area contributed by atoms with Gasteiger partial charge in [-0.05, 0) is 26.7 Å². The molecule has 0 spiro atoms. The van der Waals surface area contributed by atoms with Crippen molar-refractivity contribution in [1.29, 1.82) is 0 Å². The van der Waals surface area contributed by atoms with Crippen LogP contribution in [-0.4, -0.2) is 34.6 Å². The lowest BCUT2D eigenvalue weighted by Gasteiger charge is -2.26. The topological polar surface area (TPSA) is 92.7 Å². The molecule has 0 aromatic heterocycles. The second kappa shape index (κ2) is 7.11. The van der Waals surface area contributed by atoms with Crippen molar-refractivity contribution in [2.75, 3.05) is 0 Å². The Hall–Kier alpha value is -1.59. The number of hydrogen-bond acceptors (Lipinski definition) is 4. The maximum Gasteiger partial charge on any atom is 0.329 e. The number of carboxylic acids is 1. The van der Waals surface area contributed by atoms with Crippen LogP contribution in [0.25, 0.3) is 0 Å². The van der Waals surface area contributed by atoms with Crippen LogP contribution in [0.5, 0.6) is 0 Å². The summed E-state index contributed by atoms with van der Waals surface area (Å²) < 4.78 is 5.22. The van der Waals surface area contributed by atoms with Gasteiger partial charge in [0.05, 0.1) is 6.42 Å². The molecule has 0 saturated carbocycles. The van der Waals surface area contributed by atoms with Gasteiger partial charge in [0.1, 0.15) is 11.6 Å². The Morgan fingerprint density at radius 3 is 2.05 bits per heavy atom. The first kappa shape index (κ1) is 17.4. The van der Waals surface area contributed by atoms with Crippen LogP contribution in [0.4, 0.5) is 0 Å². The van der Waals surface area contributed by atoms with E-state index in [2.05, 4.69) is 5.32 Å². The van der Waals surface area contributed by atoms with Gasteiger partial charge >= 0.3 is 11.9 Å². The van der Waals surface area contributed by atoms with Gasteiger partial charge in [-0.1, -0.05) is 13.8 Å². The van der Waals surface area contributed by atoms with Crippen molar-refractivity contribution in [3.63, 3.8) is 0 Å². The first-order valence-electron chi connectivity index (χ1n) is 6.27. The number of carbonyl (C=O) groups excluding carboxylic acids is 2. The molecule has 0 aliphatic rings. The van der Waals surface area contributed by atoms with Crippen molar-refractivity contribution in [3.05, 3.63) is 0 Å². The standard InChI is InChI=1S/C13H23NO5/c1-8(2)11(12(18)19-13(3,4)5)14-9(15)6-7-10(16)17/h8,11H,6-7H2,1-5H3,(H,14,15)(H,16,17). The molecule has 6 nitrogen and oxygen atoms in total. The monoisotopic (exact) mass is 273 g/mol. The van der Waals surface area contributed by atoms with Gasteiger partial charge in [0.2, 0.25) is 5.91 Å². The number of nitrogens with one attached hydrogen (secondary N) is 1. The molecule has 1 amide bonds. The highest BCUT2D eigenvalue weighted by Crippen LogP contribution is 2.12. The summed E-state index contributed by atoms with van der Waals surface area (Å²) >= 11 is 0. The third kappa shape index (κ3) is 8.18. The third-order valence-electron chi connectivity index (χ3n) is 2.21. The van der Waals surface area contributed by atoms with Crippen LogP contribution in [0.2, 0.25) is 0 Å². The highest BCUT2D eigenvalue weighted by molar-refractivity contribution is 5.86. The summed E-state index contributed by atoms with van der Waals surface area (Å²) in [7, 11) is 0. The van der Waals surface area contributed by atoms with E-state index in [1.165, 1.54) is 0 Å². The van der Waals surface area contributed by atoms with E-state index in [9.17, 15) is 14.4 Å². The minimum Gasteiger partial charge on any atom is -0.481 e. The van der Waals surface area contributed by atoms with Crippen molar-refractivity contribution in [2.24, 2.45) is 5.92 Å². The van der Waals surface area contributed by atoms with Gasteiger partial charge in [0.15, 0.2) is 0 Å². The zero-order valence-electron chi connectivity index (χ0n) is 12.1. The number of carboxylic acid groups (broad SMARTS) is 1. The van der Waals surface area contributed by atoms with E-state index in [-0.39, 0.29) is 18.8 Å². The smallest absolute Gasteiger partial charge is 0.329 e. The molecule has 0 aliphatic carbocycles. The lowest BCUT2D eigenvalue weighted by Crippen LogP contribution is -2.47. The van der Waals surface area contributed by atoms with Crippen LogP contribution in [0.1, 0.15) is 47.5 Å². The van der Waals surface area contributed by atoms with Gasteiger partial charge in [0.25, 0.3) is 0 Å². The third-order valence-corrected chi connectivity index (χ3v) is 2.21. The van der Waals surface area contributed by atoms with Crippen LogP contribution in [0, 0.1) is 5.92 Å². The quantitative estimate of drug-likeness (QED) is 0.712. The van der Waals surface area contributed by atoms with Gasteiger partial charge < -0.3 is 15.2 Å². The number of esters is 1. The molecule has 0 fully saturated rings. The molecule has 0 radical (unpaired) electrons. The molecule has 1 atom stereocenters. The average Bonchev–Trinajstić information content (AvgIpc) is 2.19. The molecule has 0 heterocycles. The Morgan fingerprint density at radius 1 is 1.16 bits per heavy atom. The molecule has 0 bridgehead atoms. The van der Waals surface area contributed by atoms with E-state index in [0.717, 1.165) is 0 Å². The summed E-state index contributed by atoms with van der Waals surface area (Å²) in [5.41, 5.74) is -0.629. The van der Waals surface area contributed by atoms with Gasteiger partial charge in [-0.2, -0.15) is 0 Å². The second-order valence-electron chi connectivity index (χ2n) is 5.72. The van der Waals surface area contributed by atoms with Crippen molar-refractivity contribution < 1.29 is 24.2 Å². The fraction of sp³-hybridized carbons (Fsp3) is 0.769. The summed E-state index contributed by atoms with van der Waals surface area (Å²) in [6, 6.07) is -0.763. The van der Waals surface area contributed by atoms with Crippen LogP contribution in [-0.2, 0) is 19.1 Å². The average molecular weight is 273 g/mol. The van der Waals surface area contributed by atoms with E-state index >= 15 is 0 Å². The number of carbonyl (C=O) groups is 3. The minimum absolute atomic E-state index is 0.136. The molecule has 6 heteroatoms. The number of rotatable bonds is 6. The largest absolute Gasteiger partial charge is 0.481 e. The molecular weight excluding hydrogens is 250 g/mol. The van der Waals surface area contributed by atoms with Crippen LogP contribution in [0.3, 0.4) is 0 Å². The van der Waals surface area contributed by atoms with Crippen LogP contribution < -0.4 is 5.32 Å². The molecule has 2 N–H and O–H groups in total. The van der Waals surface area contributed by atoms with E-state index in [4.69, 9.17) is 9.84 Å². The zero-order valence-corrected chi connectivity index (χ0v) is 12.1. The maximum atomic E-state index is 11.9. The van der Waals surface area contributed by atoms with E-state index in [1.807, 2.05) is 0 Å². The molecular formula is C13H23NO5. The fourth-order valence-corrected chi connectivity index (χ4v) is 1.33. The zero-order chi connectivity index (χ0) is 15.2. The first-order valence-corrected chi connectivity index (χ1v) is 6.27. The summed E-state index contributed by atoms with van der Waals surface area (Å²) in [5, 5.41) is 11.0. The van der Waals surface area contributed by atoms with Crippen molar-refractivity contribution in [3.8, 4) is 0 Å². The van der Waals surface area contributed by atoms with Gasteiger partial charge in [0, 0.05) is 6.42 Å². The lowest BCUT2D eigenvalue weighted by molar-refractivity contribution is -0.160. The van der Waals surface area contributed by atoms with Crippen molar-refractivity contribution in [2.45, 2.75) is 59.1 Å².